The van der Waals surface area contributed by atoms with Gasteiger partial charge in [-0.2, -0.15) is 0 Å². The third kappa shape index (κ3) is 17.0. The molecule has 6 N–H and O–H groups in total. The van der Waals surface area contributed by atoms with Gasteiger partial charge in [0.25, 0.3) is 0 Å². The molecule has 15 rings (SSSR count). The van der Waals surface area contributed by atoms with Gasteiger partial charge in [0.2, 0.25) is 0 Å². The molecule has 0 radical (unpaired) electrons. The zero-order valence-corrected chi connectivity index (χ0v) is 72.7. The summed E-state index contributed by atoms with van der Waals surface area (Å²) in [4.78, 5) is 42.3. The number of hydrogen-bond acceptors (Lipinski definition) is 13. The molecular formula is C95H94N6O7Pt3. The number of rotatable bonds is 6. The molecule has 0 spiro atoms. The summed E-state index contributed by atoms with van der Waals surface area (Å²) in [5.74, 6) is 1.05. The summed E-state index contributed by atoms with van der Waals surface area (Å²) < 4.78 is 0. The minimum Gasteiger partial charge on any atom is -0.507 e. The zero-order valence-electron chi connectivity index (χ0n) is 65.9. The van der Waals surface area contributed by atoms with Crippen LogP contribution in [0.2, 0.25) is 0 Å². The molecule has 0 saturated heterocycles. The summed E-state index contributed by atoms with van der Waals surface area (Å²) in [7, 11) is 0. The maximum Gasteiger partial charge on any atom is 0.197 e. The Labute approximate surface area is 693 Å². The van der Waals surface area contributed by atoms with E-state index in [1.54, 1.807) is 72.8 Å². The first-order valence-electron chi connectivity index (χ1n) is 36.7. The average molecular weight is 2020 g/mol. The Hall–Kier alpha value is -9.77. The summed E-state index contributed by atoms with van der Waals surface area (Å²) in [5.41, 5.74) is 18.5. The second-order valence-corrected chi connectivity index (χ2v) is 34.6. The molecule has 16 heteroatoms. The van der Waals surface area contributed by atoms with Crippen LogP contribution < -0.4 is 0 Å². The monoisotopic (exact) mass is 2020 g/mol. The van der Waals surface area contributed by atoms with Gasteiger partial charge >= 0.3 is 0 Å². The molecule has 0 atom stereocenters. The van der Waals surface area contributed by atoms with Gasteiger partial charge in [0, 0.05) is 129 Å². The average Bonchev–Trinajstić information content (AvgIpc) is 1.48. The number of nitrogens with zero attached hydrogens (tertiary/aromatic N) is 6. The molecule has 0 aliphatic heterocycles. The molecule has 6 aromatic heterocycles. The summed E-state index contributed by atoms with van der Waals surface area (Å²) >= 11 is 0. The van der Waals surface area contributed by atoms with Crippen molar-refractivity contribution in [1.29, 1.82) is 0 Å². The number of aromatic hydroxyl groups is 6. The first-order valence-corrected chi connectivity index (χ1v) is 36.7. The number of pyridine rings is 6. The Morgan fingerprint density at radius 2 is 0.486 bits per heavy atom. The summed E-state index contributed by atoms with van der Waals surface area (Å²) in [5, 5.41) is 68.6. The van der Waals surface area contributed by atoms with Gasteiger partial charge in [-0.15, -0.1) is 0 Å². The maximum atomic E-state index is 12.7. The van der Waals surface area contributed by atoms with Crippen molar-refractivity contribution in [2.45, 2.75) is 157 Å². The number of carbonyl (C=O) groups excluding carboxylic acids is 1. The molecule has 0 unspecified atom stereocenters. The Bertz CT molecular complexity index is 5590. The van der Waals surface area contributed by atoms with Crippen LogP contribution in [0.15, 0.2) is 206 Å². The van der Waals surface area contributed by atoms with E-state index in [0.717, 1.165) is 88.1 Å². The fourth-order valence-electron chi connectivity index (χ4n) is 13.7. The minimum absolute atomic E-state index is 0. The normalized spacial score (nSPS) is 12.3. The van der Waals surface area contributed by atoms with Crippen molar-refractivity contribution in [3.8, 4) is 113 Å². The fraction of sp³-hybridized carbons (Fsp3) is 0.253. The van der Waals surface area contributed by atoms with Crippen molar-refractivity contribution in [2.24, 2.45) is 0 Å². The Morgan fingerprint density at radius 3 is 0.775 bits per heavy atom. The second kappa shape index (κ2) is 31.4. The van der Waals surface area contributed by atoms with Crippen molar-refractivity contribution < 1.29 is 98.6 Å². The first kappa shape index (κ1) is 83.7. The van der Waals surface area contributed by atoms with Gasteiger partial charge in [-0.3, -0.25) is 4.79 Å². The predicted octanol–water partition coefficient (Wildman–Crippen LogP) is 23.3. The predicted molar refractivity (Wildman–Crippen MR) is 440 cm³/mol. The van der Waals surface area contributed by atoms with Gasteiger partial charge in [-0.05, 0) is 164 Å². The Morgan fingerprint density at radius 1 is 0.234 bits per heavy atom. The molecule has 111 heavy (non-hydrogen) atoms. The standard InChI is InChI=1S/C40H48N2O2.C32H32N2O2.C23H14N2O3.3Pt/c1-37(2,3)25-19-27(35(43)29(21-25)39(7,8)9)31-17-15-23-13-14-24-16-18-32(42-34(24)33(23)41-31)28-20-26(38(4,5)6)22-30(36(28)44)40(10,11)12;1-31(2,3)21-11-15-27(35)23(17-21)25-13-9-19-7-8-20-10-14-26(34-30(20)29(19)33-25)24-18-22(32(4,5)6)12-16-28(24)36;26-19-7-3-1-5-13(19)17-11-9-15-21(24-17)22-16(23(15)28)10-12-18(25-22)14-6-2-4-8-20(14)27;;;/h13-22,43-44H,1-12H3;7-18,35-36H,1-6H3;1-12,26-27H;;;. The van der Waals surface area contributed by atoms with Crippen LogP contribution in [-0.4, -0.2) is 66.3 Å². The van der Waals surface area contributed by atoms with Gasteiger partial charge in [0.1, 0.15) is 45.9 Å². The van der Waals surface area contributed by atoms with Crippen molar-refractivity contribution in [2.75, 3.05) is 0 Å². The molecule has 14 aromatic rings. The van der Waals surface area contributed by atoms with E-state index in [4.69, 9.17) is 19.9 Å². The van der Waals surface area contributed by atoms with E-state index in [1.807, 2.05) is 84.9 Å². The molecule has 0 fully saturated rings. The Balaban J connectivity index is 0.000000178. The van der Waals surface area contributed by atoms with Gasteiger partial charge < -0.3 is 30.6 Å². The SMILES string of the molecule is CC(C)(C)c1cc(-c2ccc3ccc4ccc(-c5cc(C(C)(C)C)cc(C(C)(C)C)c5O)nc4c3n2)c(O)c(C(C)(C)C)c1.CC(C)(C)c1ccc(O)c(-c2ccc3ccc4ccc(-c5cc(C(C)(C)C)ccc5O)nc4c3n2)c1.O=C1c2ccc(-c3ccccc3O)nc2-c2nc(-c3ccccc3O)ccc21.[Pt].[Pt].[Pt]. The van der Waals surface area contributed by atoms with Crippen LogP contribution in [0.1, 0.15) is 174 Å². The smallest absolute Gasteiger partial charge is 0.197 e. The number of ketones is 1. The van der Waals surface area contributed by atoms with Gasteiger partial charge in [0.05, 0.1) is 67.4 Å². The number of phenolic OH excluding ortho intramolecular Hbond substituents is 6. The number of aromatic nitrogens is 6. The molecule has 8 aromatic carbocycles. The van der Waals surface area contributed by atoms with E-state index in [2.05, 4.69) is 183 Å². The largest absolute Gasteiger partial charge is 0.507 e. The van der Waals surface area contributed by atoms with E-state index >= 15 is 0 Å². The zero-order chi connectivity index (χ0) is 77.6. The van der Waals surface area contributed by atoms with Crippen LogP contribution in [0.3, 0.4) is 0 Å². The number of phenols is 6. The van der Waals surface area contributed by atoms with Crippen molar-refractivity contribution >= 4 is 49.4 Å². The fourth-order valence-corrected chi connectivity index (χ4v) is 13.7. The Kier molecular flexibility index (Phi) is 23.7. The van der Waals surface area contributed by atoms with E-state index < -0.39 is 0 Å². The quantitative estimate of drug-likeness (QED) is 0.0856. The van der Waals surface area contributed by atoms with Crippen LogP contribution in [0, 0.1) is 0 Å². The van der Waals surface area contributed by atoms with Crippen LogP contribution in [0.4, 0.5) is 0 Å². The van der Waals surface area contributed by atoms with Crippen LogP contribution in [0.5, 0.6) is 34.5 Å². The molecule has 0 amide bonds. The van der Waals surface area contributed by atoms with Crippen molar-refractivity contribution in [3.05, 3.63) is 251 Å². The topological polar surface area (TPSA) is 216 Å². The number of fused-ring (bicyclic) bond motifs is 9. The van der Waals surface area contributed by atoms with Gasteiger partial charge in [0.15, 0.2) is 5.78 Å². The number of benzene rings is 8. The molecule has 576 valence electrons. The molecule has 0 bridgehead atoms. The number of para-hydroxylation sites is 2. The molecule has 13 nitrogen and oxygen atoms in total. The third-order valence-electron chi connectivity index (χ3n) is 20.3. The summed E-state index contributed by atoms with van der Waals surface area (Å²) in [6.07, 6.45) is 0. The molecule has 6 heterocycles. The summed E-state index contributed by atoms with van der Waals surface area (Å²) in [6, 6.07) is 64.8. The number of carbonyl (C=O) groups is 1. The van der Waals surface area contributed by atoms with Gasteiger partial charge in [-0.25, -0.2) is 29.9 Å². The van der Waals surface area contributed by atoms with Crippen LogP contribution in [-0.2, 0) is 95.7 Å². The molecule has 1 aliphatic carbocycles. The first-order chi connectivity index (χ1) is 50.7. The summed E-state index contributed by atoms with van der Waals surface area (Å²) in [6.45, 7) is 38.8. The van der Waals surface area contributed by atoms with E-state index in [-0.39, 0.29) is 136 Å². The van der Waals surface area contributed by atoms with Crippen molar-refractivity contribution in [1.82, 2.24) is 29.9 Å². The number of hydrogen-bond donors (Lipinski definition) is 6. The molecule has 0 saturated carbocycles. The second-order valence-electron chi connectivity index (χ2n) is 34.6. The molecule has 1 aliphatic rings. The minimum atomic E-state index is -0.240. The van der Waals surface area contributed by atoms with Gasteiger partial charge in [-0.1, -0.05) is 222 Å². The van der Waals surface area contributed by atoms with E-state index in [0.29, 0.717) is 78.9 Å². The maximum absolute atomic E-state index is 12.7. The molecular weight excluding hydrogens is 1920 g/mol. The third-order valence-corrected chi connectivity index (χ3v) is 20.3. The van der Waals surface area contributed by atoms with E-state index in [9.17, 15) is 35.4 Å². The van der Waals surface area contributed by atoms with E-state index in [1.165, 1.54) is 0 Å². The van der Waals surface area contributed by atoms with Crippen molar-refractivity contribution in [3.63, 3.8) is 0 Å². The van der Waals surface area contributed by atoms with Crippen LogP contribution >= 0.6 is 0 Å². The van der Waals surface area contributed by atoms with Crippen LogP contribution in [0.25, 0.3) is 123 Å².